The van der Waals surface area contributed by atoms with E-state index in [-0.39, 0.29) is 78.0 Å². The molecule has 7 fully saturated rings. The molecule has 0 aromatic heterocycles. The van der Waals surface area contributed by atoms with Gasteiger partial charge in [0.2, 0.25) is 12.2 Å². The van der Waals surface area contributed by atoms with Crippen LogP contribution in [0.4, 0.5) is 0 Å². The number of ether oxygens (including phenoxy) is 7. The molecule has 24 heteroatoms. The number of aldehydes is 2. The number of aliphatic hydroxyl groups is 9. The molecule has 2 aromatic carbocycles. The summed E-state index contributed by atoms with van der Waals surface area (Å²) in [7, 11) is 0. The average molecular weight is 1290 g/mol. The molecule has 3 aliphatic heterocycles. The maximum atomic E-state index is 15.8. The summed E-state index contributed by atoms with van der Waals surface area (Å²) in [6.07, 6.45) is -14.1. The fraction of sp³-hybridized carbons (Fsp3) is 0.721. The van der Waals surface area contributed by atoms with Gasteiger partial charge >= 0.3 is 5.97 Å². The Hall–Kier alpha value is -5.03. The van der Waals surface area contributed by atoms with Crippen LogP contribution in [-0.4, -0.2) is 199 Å². The average Bonchev–Trinajstić information content (AvgIpc) is 0.673. The lowest BCUT2D eigenvalue weighted by Crippen LogP contribution is -2.69. The Labute approximate surface area is 536 Å². The maximum Gasteiger partial charge on any atom is 0.317 e. The Balaban J connectivity index is 0.840. The lowest BCUT2D eigenvalue weighted by Gasteiger charge is -2.71. The molecule has 11 unspecified atom stereocenters. The molecular weight excluding hydrogens is 1200 g/mol. The van der Waals surface area contributed by atoms with Gasteiger partial charge in [-0.25, -0.2) is 0 Å². The minimum absolute atomic E-state index is 0.0298. The second-order valence-corrected chi connectivity index (χ2v) is 29.2. The van der Waals surface area contributed by atoms with Crippen molar-refractivity contribution in [1.82, 2.24) is 10.6 Å². The zero-order valence-corrected chi connectivity index (χ0v) is 53.6. The van der Waals surface area contributed by atoms with Crippen molar-refractivity contribution in [2.24, 2.45) is 50.2 Å². The quantitative estimate of drug-likeness (QED) is 0.0392. The van der Waals surface area contributed by atoms with Gasteiger partial charge in [0.15, 0.2) is 25.0 Å². The van der Waals surface area contributed by atoms with Crippen molar-refractivity contribution in [3.05, 3.63) is 70.8 Å². The maximum absolute atomic E-state index is 15.8. The molecule has 510 valence electrons. The summed E-state index contributed by atoms with van der Waals surface area (Å²) in [5.74, 6) is -2.27. The van der Waals surface area contributed by atoms with E-state index in [0.29, 0.717) is 68.8 Å². The van der Waals surface area contributed by atoms with Gasteiger partial charge in [-0.2, -0.15) is 0 Å². The van der Waals surface area contributed by atoms with Gasteiger partial charge in [0, 0.05) is 18.5 Å². The van der Waals surface area contributed by atoms with Gasteiger partial charge in [0.1, 0.15) is 78.6 Å². The van der Waals surface area contributed by atoms with Crippen molar-refractivity contribution in [2.45, 2.75) is 237 Å². The van der Waals surface area contributed by atoms with E-state index >= 15 is 4.79 Å². The van der Waals surface area contributed by atoms with Gasteiger partial charge < -0.3 is 99.7 Å². The van der Waals surface area contributed by atoms with Crippen LogP contribution >= 0.6 is 0 Å². The van der Waals surface area contributed by atoms with Gasteiger partial charge in [-0.1, -0.05) is 77.8 Å². The Bertz CT molecular complexity index is 3020. The van der Waals surface area contributed by atoms with Gasteiger partial charge in [-0.05, 0) is 147 Å². The van der Waals surface area contributed by atoms with Crippen LogP contribution in [0, 0.1) is 50.2 Å². The first kappa shape index (κ1) is 69.8. The number of carbonyl (C=O) groups is 5. The molecule has 24 atom stereocenters. The number of phenols is 1. The van der Waals surface area contributed by atoms with Crippen LogP contribution in [0.2, 0.25) is 0 Å². The fourth-order valence-corrected chi connectivity index (χ4v) is 17.7. The summed E-state index contributed by atoms with van der Waals surface area (Å²) < 4.78 is 42.3. The summed E-state index contributed by atoms with van der Waals surface area (Å²) in [6.45, 7) is 13.5. The molecule has 2 aromatic rings. The smallest absolute Gasteiger partial charge is 0.317 e. The number of benzene rings is 2. The van der Waals surface area contributed by atoms with Crippen LogP contribution < -0.4 is 15.4 Å². The minimum atomic E-state index is -1.99. The van der Waals surface area contributed by atoms with Crippen LogP contribution in [0.15, 0.2) is 54.1 Å². The standard InChI is InChI=1S/C68H96N2O22/c1-35-56(90-59-54(82)51(79)42(75)33-87-59)53(81)55(83)60(88-35)91-57-52(80)50(70-49(78)14-9-8-10-27-69-58(84)37-17-15-36(16-18-37)32-86-43-13-11-12-41(74)38(43)30-71)44(31-72)89-61(57)92-62(85)68-26-25-63(2,3)28-40(68)39-19-20-46-64(4)23-22-47(76)65(5,34-73)45(64)21-24-66(46,6)67(39,7)29-48(68)77/h11-13,15-19,30,34-35,40,42,44-48,50-57,59-61,72,74-77,79-83H,8-10,14,20-29,31-33H2,1-7H3,(H,69,84)(H,70,78)/t35-,40?,42-,44-,45-,46?,47+,48+,50+,51?,52?,53?,54?,55?,56+,57?,59+,60+,61+,64?,65?,66?,67-,68-/m1/s1. The van der Waals surface area contributed by atoms with Crippen molar-refractivity contribution in [2.75, 3.05) is 19.8 Å². The zero-order valence-electron chi connectivity index (χ0n) is 53.6. The summed E-state index contributed by atoms with van der Waals surface area (Å²) in [6, 6.07) is 9.72. The molecule has 24 nitrogen and oxygen atoms in total. The summed E-state index contributed by atoms with van der Waals surface area (Å²) in [5, 5.41) is 118. The molecule has 92 heavy (non-hydrogen) atoms. The molecule has 2 amide bonds. The van der Waals surface area contributed by atoms with E-state index in [9.17, 15) is 70.2 Å². The predicted octanol–water partition coefficient (Wildman–Crippen LogP) is 3.17. The van der Waals surface area contributed by atoms with Crippen molar-refractivity contribution in [1.29, 1.82) is 0 Å². The number of phenolic OH excluding ortho intramolecular Hbond substituents is 1. The van der Waals surface area contributed by atoms with E-state index in [4.69, 9.17) is 33.2 Å². The van der Waals surface area contributed by atoms with E-state index < -0.39 is 151 Å². The summed E-state index contributed by atoms with van der Waals surface area (Å²) in [5.41, 5.74) is -1.94. The minimum Gasteiger partial charge on any atom is -0.507 e. The van der Waals surface area contributed by atoms with Crippen molar-refractivity contribution in [3.8, 4) is 11.5 Å². The molecule has 8 aliphatic rings. The normalized spacial score (nSPS) is 42.3. The highest BCUT2D eigenvalue weighted by molar-refractivity contribution is 5.94. The van der Waals surface area contributed by atoms with Crippen LogP contribution in [0.25, 0.3) is 0 Å². The summed E-state index contributed by atoms with van der Waals surface area (Å²) in [4.78, 5) is 66.9. The second-order valence-electron chi connectivity index (χ2n) is 29.2. The molecule has 4 saturated carbocycles. The third-order valence-electron chi connectivity index (χ3n) is 23.4. The van der Waals surface area contributed by atoms with Crippen LogP contribution in [0.3, 0.4) is 0 Å². The number of hydrogen-bond donors (Lipinski definition) is 12. The number of nitrogens with one attached hydrogen (secondary N) is 2. The monoisotopic (exact) mass is 1290 g/mol. The van der Waals surface area contributed by atoms with Crippen molar-refractivity contribution in [3.63, 3.8) is 0 Å². The lowest BCUT2D eigenvalue weighted by atomic mass is 9.33. The third kappa shape index (κ3) is 12.6. The molecule has 0 spiro atoms. The van der Waals surface area contributed by atoms with E-state index in [1.54, 1.807) is 36.4 Å². The van der Waals surface area contributed by atoms with E-state index in [1.807, 2.05) is 6.92 Å². The first-order valence-corrected chi connectivity index (χ1v) is 32.8. The zero-order chi connectivity index (χ0) is 66.6. The fourth-order valence-electron chi connectivity index (χ4n) is 17.7. The number of aliphatic hydroxyl groups excluding tert-OH is 9. The van der Waals surface area contributed by atoms with Gasteiger partial charge in [0.25, 0.3) is 5.91 Å². The van der Waals surface area contributed by atoms with E-state index in [2.05, 4.69) is 51.3 Å². The van der Waals surface area contributed by atoms with Gasteiger partial charge in [-0.3, -0.25) is 19.2 Å². The Morgan fingerprint density at radius 1 is 0.739 bits per heavy atom. The molecule has 3 saturated heterocycles. The Morgan fingerprint density at radius 3 is 2.16 bits per heavy atom. The molecule has 0 bridgehead atoms. The first-order chi connectivity index (χ1) is 43.5. The number of carbonyl (C=O) groups excluding carboxylic acids is 5. The van der Waals surface area contributed by atoms with Crippen molar-refractivity contribution < 1.29 is 108 Å². The highest BCUT2D eigenvalue weighted by Gasteiger charge is 2.72. The molecule has 12 N–H and O–H groups in total. The SMILES string of the molecule is C[C@H]1O[C@@H](OC2C(O)[C@@H](NC(=O)CCCCCNC(=O)c3ccc(COc4cccc(O)c4C=O)cc3)[C@@H](CO)O[C@H]2OC(=O)[C@]23CCC(C)(C)CC2C2=CCC4C5(C)CC[C@H](O)C(C)(C=O)[C@@H]5CCC4(C)[C@]2(C)C[C@@H]3O)C(O)C(O)[C@H]1O[C@@H]1OC[C@@H](O)C(O)C1O. The highest BCUT2D eigenvalue weighted by Crippen LogP contribution is 2.76. The van der Waals surface area contributed by atoms with Crippen LogP contribution in [-0.2, 0) is 49.4 Å². The topological polar surface area (TPSA) is 376 Å². The number of allylic oxidation sites excluding steroid dienone is 2. The lowest BCUT2D eigenvalue weighted by molar-refractivity contribution is -0.370. The van der Waals surface area contributed by atoms with E-state index in [0.717, 1.165) is 24.7 Å². The third-order valence-corrected chi connectivity index (χ3v) is 23.4. The molecular formula is C68H96N2O22. The Morgan fingerprint density at radius 2 is 1.46 bits per heavy atom. The molecule has 0 radical (unpaired) electrons. The summed E-state index contributed by atoms with van der Waals surface area (Å²) >= 11 is 0. The predicted molar refractivity (Wildman–Crippen MR) is 326 cm³/mol. The number of esters is 1. The Kier molecular flexibility index (Phi) is 20.7. The first-order valence-electron chi connectivity index (χ1n) is 32.8. The number of rotatable bonds is 20. The van der Waals surface area contributed by atoms with Crippen LogP contribution in [0.1, 0.15) is 158 Å². The molecule has 3 heterocycles. The van der Waals surface area contributed by atoms with Crippen LogP contribution in [0.5, 0.6) is 11.5 Å². The van der Waals surface area contributed by atoms with Crippen molar-refractivity contribution >= 4 is 30.4 Å². The largest absolute Gasteiger partial charge is 0.507 e. The highest BCUT2D eigenvalue weighted by atomic mass is 16.8. The number of fused-ring (bicyclic) bond motifs is 7. The number of aromatic hydroxyl groups is 1. The molecule has 5 aliphatic carbocycles. The van der Waals surface area contributed by atoms with E-state index in [1.165, 1.54) is 13.0 Å². The number of hydrogen-bond acceptors (Lipinski definition) is 22. The number of unbranched alkanes of at least 4 members (excludes halogenated alkanes) is 2. The second kappa shape index (κ2) is 27.2. The van der Waals surface area contributed by atoms with Gasteiger partial charge in [-0.15, -0.1) is 0 Å². The molecule has 10 rings (SSSR count). The number of amides is 2. The van der Waals surface area contributed by atoms with Gasteiger partial charge in [0.05, 0.1) is 48.5 Å².